The van der Waals surface area contributed by atoms with Crippen LogP contribution in [0.2, 0.25) is 10.0 Å². The van der Waals surface area contributed by atoms with Gasteiger partial charge in [0.05, 0.1) is 21.9 Å². The van der Waals surface area contributed by atoms with Gasteiger partial charge in [-0.2, -0.15) is 0 Å². The Kier molecular flexibility index (Phi) is 3.92. The number of hydrogen-bond acceptors (Lipinski definition) is 5. The molecule has 2 heterocycles. The molecule has 0 bridgehead atoms. The number of rotatable bonds is 3. The highest BCUT2D eigenvalue weighted by Gasteiger charge is 2.13. The van der Waals surface area contributed by atoms with Gasteiger partial charge in [0.25, 0.3) is 5.91 Å². The fraction of sp³-hybridized carbons (Fsp3) is 0. The molecule has 1 N–H and O–H groups in total. The van der Waals surface area contributed by atoms with Gasteiger partial charge in [-0.05, 0) is 12.1 Å². The van der Waals surface area contributed by atoms with Crippen molar-refractivity contribution in [3.8, 4) is 11.3 Å². The van der Waals surface area contributed by atoms with E-state index in [0.29, 0.717) is 20.9 Å². The number of thiazole rings is 1. The zero-order valence-electron chi connectivity index (χ0n) is 10.3. The standard InChI is InChI=1S/C13H7Cl2N3O2S/c14-8-2-1-7(5-9(8)15)10-6-21-13(17-10)18-12(19)11-3-4-16-20-11/h1-6H,(H,17,18,19). The molecule has 3 aromatic rings. The van der Waals surface area contributed by atoms with Crippen LogP contribution < -0.4 is 5.32 Å². The molecule has 8 heteroatoms. The van der Waals surface area contributed by atoms with Gasteiger partial charge in [0.1, 0.15) is 0 Å². The van der Waals surface area contributed by atoms with Crippen LogP contribution >= 0.6 is 34.5 Å². The highest BCUT2D eigenvalue weighted by molar-refractivity contribution is 7.14. The van der Waals surface area contributed by atoms with Crippen LogP contribution in [0, 0.1) is 0 Å². The van der Waals surface area contributed by atoms with Crippen molar-refractivity contribution in [2.24, 2.45) is 0 Å². The van der Waals surface area contributed by atoms with Crippen LogP contribution in [0.1, 0.15) is 10.6 Å². The number of hydrogen-bond donors (Lipinski definition) is 1. The molecular weight excluding hydrogens is 333 g/mol. The number of aromatic nitrogens is 2. The normalized spacial score (nSPS) is 10.6. The molecule has 21 heavy (non-hydrogen) atoms. The predicted molar refractivity (Wildman–Crippen MR) is 82.0 cm³/mol. The van der Waals surface area contributed by atoms with E-state index in [0.717, 1.165) is 5.56 Å². The van der Waals surface area contributed by atoms with E-state index in [-0.39, 0.29) is 5.76 Å². The van der Waals surface area contributed by atoms with Crippen molar-refractivity contribution in [3.05, 3.63) is 51.6 Å². The molecule has 3 rings (SSSR count). The van der Waals surface area contributed by atoms with Crippen LogP contribution in [0.25, 0.3) is 11.3 Å². The number of amides is 1. The summed E-state index contributed by atoms with van der Waals surface area (Å²) in [4.78, 5) is 16.1. The van der Waals surface area contributed by atoms with E-state index in [1.807, 2.05) is 11.4 Å². The van der Waals surface area contributed by atoms with E-state index in [2.05, 4.69) is 15.5 Å². The molecule has 0 radical (unpaired) electrons. The molecule has 0 aliphatic heterocycles. The maximum absolute atomic E-state index is 11.8. The van der Waals surface area contributed by atoms with Gasteiger partial charge in [-0.1, -0.05) is 34.4 Å². The monoisotopic (exact) mass is 339 g/mol. The molecule has 0 spiro atoms. The van der Waals surface area contributed by atoms with Crippen molar-refractivity contribution in [2.45, 2.75) is 0 Å². The number of nitrogens with zero attached hydrogens (tertiary/aromatic N) is 2. The Morgan fingerprint density at radius 3 is 2.81 bits per heavy atom. The first kappa shape index (κ1) is 14.1. The highest BCUT2D eigenvalue weighted by atomic mass is 35.5. The first-order valence-electron chi connectivity index (χ1n) is 5.76. The maximum atomic E-state index is 11.8. The summed E-state index contributed by atoms with van der Waals surface area (Å²) in [5.74, 6) is -0.274. The molecule has 0 unspecified atom stereocenters. The third-order valence-electron chi connectivity index (χ3n) is 2.60. The average Bonchev–Trinajstić information content (AvgIpc) is 3.12. The Balaban J connectivity index is 1.80. The minimum Gasteiger partial charge on any atom is -0.351 e. The van der Waals surface area contributed by atoms with Crippen LogP contribution in [0.3, 0.4) is 0 Å². The second kappa shape index (κ2) is 5.85. The molecule has 5 nitrogen and oxygen atoms in total. The number of halogens is 2. The molecule has 0 aliphatic carbocycles. The molecule has 2 aromatic heterocycles. The zero-order chi connectivity index (χ0) is 14.8. The van der Waals surface area contributed by atoms with Crippen LogP contribution in [-0.2, 0) is 0 Å². The van der Waals surface area contributed by atoms with Crippen molar-refractivity contribution in [1.29, 1.82) is 0 Å². The summed E-state index contributed by atoms with van der Waals surface area (Å²) < 4.78 is 4.77. The molecule has 106 valence electrons. The van der Waals surface area contributed by atoms with Crippen LogP contribution in [-0.4, -0.2) is 16.0 Å². The SMILES string of the molecule is O=C(Nc1nc(-c2ccc(Cl)c(Cl)c2)cs1)c1ccno1. The molecule has 1 aromatic carbocycles. The minimum atomic E-state index is -0.400. The molecule has 1 amide bonds. The first-order valence-corrected chi connectivity index (χ1v) is 7.40. The summed E-state index contributed by atoms with van der Waals surface area (Å²) in [7, 11) is 0. The number of carbonyl (C=O) groups excluding carboxylic acids is 1. The van der Waals surface area contributed by atoms with Gasteiger partial charge in [-0.3, -0.25) is 10.1 Å². The lowest BCUT2D eigenvalue weighted by Crippen LogP contribution is -2.10. The quantitative estimate of drug-likeness (QED) is 0.769. The fourth-order valence-electron chi connectivity index (χ4n) is 1.61. The molecule has 0 saturated carbocycles. The number of benzene rings is 1. The number of nitrogens with one attached hydrogen (secondary N) is 1. The summed E-state index contributed by atoms with van der Waals surface area (Å²) in [6, 6.07) is 6.71. The summed E-state index contributed by atoms with van der Waals surface area (Å²) in [6.45, 7) is 0. The molecule has 0 fully saturated rings. The van der Waals surface area contributed by atoms with Crippen molar-refractivity contribution < 1.29 is 9.32 Å². The highest BCUT2D eigenvalue weighted by Crippen LogP contribution is 2.30. The minimum absolute atomic E-state index is 0.126. The molecule has 0 atom stereocenters. The van der Waals surface area contributed by atoms with Crippen molar-refractivity contribution in [1.82, 2.24) is 10.1 Å². The Morgan fingerprint density at radius 2 is 2.10 bits per heavy atom. The van der Waals surface area contributed by atoms with E-state index in [1.54, 1.807) is 12.1 Å². The lowest BCUT2D eigenvalue weighted by Gasteiger charge is -2.00. The Bertz CT molecular complexity index is 787. The van der Waals surface area contributed by atoms with Crippen molar-refractivity contribution in [3.63, 3.8) is 0 Å². The maximum Gasteiger partial charge on any atom is 0.296 e. The zero-order valence-corrected chi connectivity index (χ0v) is 12.7. The molecule has 0 aliphatic rings. The Morgan fingerprint density at radius 1 is 1.24 bits per heavy atom. The van der Waals surface area contributed by atoms with Crippen LogP contribution in [0.5, 0.6) is 0 Å². The van der Waals surface area contributed by atoms with Gasteiger partial charge in [0.15, 0.2) is 5.13 Å². The lowest BCUT2D eigenvalue weighted by molar-refractivity contribution is 0.0988. The summed E-state index contributed by atoms with van der Waals surface area (Å²) in [6.07, 6.45) is 1.40. The van der Waals surface area contributed by atoms with Crippen LogP contribution in [0.15, 0.2) is 40.4 Å². The predicted octanol–water partition coefficient (Wildman–Crippen LogP) is 4.36. The van der Waals surface area contributed by atoms with E-state index >= 15 is 0 Å². The van der Waals surface area contributed by atoms with E-state index in [4.69, 9.17) is 27.7 Å². The third kappa shape index (κ3) is 3.07. The largest absolute Gasteiger partial charge is 0.351 e. The van der Waals surface area contributed by atoms with E-state index in [1.165, 1.54) is 23.6 Å². The van der Waals surface area contributed by atoms with Crippen LogP contribution in [0.4, 0.5) is 5.13 Å². The van der Waals surface area contributed by atoms with Gasteiger partial charge in [0, 0.05) is 17.0 Å². The van der Waals surface area contributed by atoms with Crippen molar-refractivity contribution >= 4 is 45.6 Å². The Hall–Kier alpha value is -1.89. The van der Waals surface area contributed by atoms with Gasteiger partial charge in [-0.15, -0.1) is 11.3 Å². The lowest BCUT2D eigenvalue weighted by atomic mass is 10.2. The van der Waals surface area contributed by atoms with Gasteiger partial charge in [0.2, 0.25) is 5.76 Å². The second-order valence-electron chi connectivity index (χ2n) is 4.00. The van der Waals surface area contributed by atoms with Crippen molar-refractivity contribution in [2.75, 3.05) is 5.32 Å². The first-order chi connectivity index (χ1) is 10.1. The van der Waals surface area contributed by atoms with Gasteiger partial charge in [-0.25, -0.2) is 4.98 Å². The smallest absolute Gasteiger partial charge is 0.296 e. The van der Waals surface area contributed by atoms with E-state index in [9.17, 15) is 4.79 Å². The van der Waals surface area contributed by atoms with E-state index < -0.39 is 5.91 Å². The fourth-order valence-corrected chi connectivity index (χ4v) is 2.62. The van der Waals surface area contributed by atoms with Gasteiger partial charge >= 0.3 is 0 Å². The van der Waals surface area contributed by atoms with Gasteiger partial charge < -0.3 is 4.52 Å². The Labute approximate surface area is 133 Å². The number of anilines is 1. The third-order valence-corrected chi connectivity index (χ3v) is 4.10. The number of carbonyl (C=O) groups is 1. The average molecular weight is 340 g/mol. The summed E-state index contributed by atoms with van der Waals surface area (Å²) in [5, 5.41) is 9.32. The molecule has 0 saturated heterocycles. The second-order valence-corrected chi connectivity index (χ2v) is 5.67. The summed E-state index contributed by atoms with van der Waals surface area (Å²) in [5.41, 5.74) is 1.52. The molecular formula is C13H7Cl2N3O2S. The summed E-state index contributed by atoms with van der Waals surface area (Å²) >= 11 is 13.2. The topological polar surface area (TPSA) is 68.0 Å².